The highest BCUT2D eigenvalue weighted by Gasteiger charge is 2.17. The van der Waals surface area contributed by atoms with Gasteiger partial charge in [0.15, 0.2) is 5.96 Å². The fourth-order valence-corrected chi connectivity index (χ4v) is 3.39. The molecule has 2 heterocycles. The molecule has 5 heteroatoms. The number of aliphatic imine (C=N–C) groups is 1. The van der Waals surface area contributed by atoms with Gasteiger partial charge in [-0.2, -0.15) is 0 Å². The van der Waals surface area contributed by atoms with Crippen LogP contribution in [0.3, 0.4) is 0 Å². The molecule has 1 aliphatic heterocycles. The van der Waals surface area contributed by atoms with Crippen LogP contribution in [0.2, 0.25) is 0 Å². The molecule has 0 saturated carbocycles. The summed E-state index contributed by atoms with van der Waals surface area (Å²) in [5.74, 6) is 1.56. The van der Waals surface area contributed by atoms with Crippen LogP contribution in [-0.4, -0.2) is 49.6 Å². The van der Waals surface area contributed by atoms with Crippen LogP contribution < -0.4 is 10.6 Å². The number of nitrogens with zero attached hydrogens (tertiary/aromatic N) is 3. The first-order valence-corrected chi connectivity index (χ1v) is 8.72. The number of para-hydroxylation sites is 1. The summed E-state index contributed by atoms with van der Waals surface area (Å²) >= 11 is 0. The van der Waals surface area contributed by atoms with Crippen LogP contribution in [0.25, 0.3) is 10.9 Å². The van der Waals surface area contributed by atoms with Crippen LogP contribution in [0, 0.1) is 5.92 Å². The van der Waals surface area contributed by atoms with Gasteiger partial charge in [0.25, 0.3) is 0 Å². The summed E-state index contributed by atoms with van der Waals surface area (Å²) < 4.78 is 0. The lowest BCUT2D eigenvalue weighted by atomic mass is 9.99. The molecule has 0 bridgehead atoms. The van der Waals surface area contributed by atoms with E-state index in [-0.39, 0.29) is 0 Å². The Kier molecular flexibility index (Phi) is 5.64. The van der Waals surface area contributed by atoms with E-state index in [2.05, 4.69) is 50.8 Å². The molecule has 0 aliphatic carbocycles. The lowest BCUT2D eigenvalue weighted by molar-refractivity contribution is 0.210. The van der Waals surface area contributed by atoms with Crippen LogP contribution >= 0.6 is 0 Å². The Labute approximate surface area is 144 Å². The van der Waals surface area contributed by atoms with Crippen molar-refractivity contribution in [3.05, 3.63) is 42.1 Å². The number of benzene rings is 1. The second kappa shape index (κ2) is 8.11. The zero-order chi connectivity index (χ0) is 16.8. The number of hydrogen-bond donors (Lipinski definition) is 2. The summed E-state index contributed by atoms with van der Waals surface area (Å²) in [6, 6.07) is 10.3. The second-order valence-electron chi connectivity index (χ2n) is 6.56. The normalized spacial score (nSPS) is 19.4. The third-order valence-corrected chi connectivity index (χ3v) is 4.69. The minimum absolute atomic E-state index is 0.698. The molecule has 1 atom stereocenters. The van der Waals surface area contributed by atoms with E-state index in [9.17, 15) is 0 Å². The quantitative estimate of drug-likeness (QED) is 0.669. The van der Waals surface area contributed by atoms with Gasteiger partial charge >= 0.3 is 0 Å². The lowest BCUT2D eigenvalue weighted by Gasteiger charge is -2.30. The Morgan fingerprint density at radius 1 is 1.29 bits per heavy atom. The Morgan fingerprint density at radius 3 is 3.00 bits per heavy atom. The maximum Gasteiger partial charge on any atom is 0.191 e. The Balaban J connectivity index is 1.56. The highest BCUT2D eigenvalue weighted by Crippen LogP contribution is 2.16. The van der Waals surface area contributed by atoms with Gasteiger partial charge in [-0.3, -0.25) is 9.98 Å². The summed E-state index contributed by atoms with van der Waals surface area (Å²) in [6.07, 6.45) is 4.45. The first-order chi connectivity index (χ1) is 11.8. The van der Waals surface area contributed by atoms with E-state index in [4.69, 9.17) is 0 Å². The van der Waals surface area contributed by atoms with Gasteiger partial charge in [-0.05, 0) is 50.0 Å². The molecule has 0 radical (unpaired) electrons. The van der Waals surface area contributed by atoms with Crippen LogP contribution in [-0.2, 0) is 6.54 Å². The van der Waals surface area contributed by atoms with Crippen LogP contribution in [0.1, 0.15) is 18.4 Å². The van der Waals surface area contributed by atoms with E-state index < -0.39 is 0 Å². The molecule has 1 saturated heterocycles. The molecular formula is C19H27N5. The van der Waals surface area contributed by atoms with Crippen molar-refractivity contribution in [2.24, 2.45) is 10.9 Å². The maximum atomic E-state index is 4.42. The number of nitrogens with one attached hydrogen (secondary N) is 2. The molecule has 2 N–H and O–H groups in total. The standard InChI is InChI=1S/C19H27N5/c1-20-19(22-12-15-6-5-11-24(2)14-15)23-13-16-9-10-21-18-8-4-3-7-17(16)18/h3-4,7-10,15H,5-6,11-14H2,1-2H3,(H2,20,22,23). The topological polar surface area (TPSA) is 52.6 Å². The van der Waals surface area contributed by atoms with Gasteiger partial charge in [0.2, 0.25) is 0 Å². The van der Waals surface area contributed by atoms with E-state index >= 15 is 0 Å². The number of likely N-dealkylation sites (tertiary alicyclic amines) is 1. The smallest absolute Gasteiger partial charge is 0.191 e. The zero-order valence-electron chi connectivity index (χ0n) is 14.6. The van der Waals surface area contributed by atoms with Gasteiger partial charge < -0.3 is 15.5 Å². The molecule has 24 heavy (non-hydrogen) atoms. The van der Waals surface area contributed by atoms with Crippen LogP contribution in [0.4, 0.5) is 0 Å². The van der Waals surface area contributed by atoms with E-state index in [1.807, 2.05) is 25.4 Å². The highest BCUT2D eigenvalue weighted by molar-refractivity contribution is 5.83. The first-order valence-electron chi connectivity index (χ1n) is 8.72. The average molecular weight is 325 g/mol. The van der Waals surface area contributed by atoms with Crippen molar-refractivity contribution in [2.45, 2.75) is 19.4 Å². The van der Waals surface area contributed by atoms with Crippen molar-refractivity contribution < 1.29 is 0 Å². The molecule has 3 rings (SSSR count). The third kappa shape index (κ3) is 4.23. The van der Waals surface area contributed by atoms with Gasteiger partial charge in [0.05, 0.1) is 5.52 Å². The molecule has 5 nitrogen and oxygen atoms in total. The van der Waals surface area contributed by atoms with Crippen LogP contribution in [0.15, 0.2) is 41.5 Å². The largest absolute Gasteiger partial charge is 0.356 e. The molecule has 1 aliphatic rings. The minimum atomic E-state index is 0.698. The molecule has 1 fully saturated rings. The summed E-state index contributed by atoms with van der Waals surface area (Å²) in [4.78, 5) is 11.2. The minimum Gasteiger partial charge on any atom is -0.356 e. The van der Waals surface area contributed by atoms with Gasteiger partial charge in [0.1, 0.15) is 0 Å². The summed E-state index contributed by atoms with van der Waals surface area (Å²) in [6.45, 7) is 4.10. The monoisotopic (exact) mass is 325 g/mol. The van der Waals surface area contributed by atoms with Gasteiger partial charge in [-0.15, -0.1) is 0 Å². The van der Waals surface area contributed by atoms with E-state index in [1.54, 1.807) is 0 Å². The fourth-order valence-electron chi connectivity index (χ4n) is 3.39. The van der Waals surface area contributed by atoms with Crippen molar-refractivity contribution in [2.75, 3.05) is 33.7 Å². The van der Waals surface area contributed by atoms with Crippen LogP contribution in [0.5, 0.6) is 0 Å². The molecule has 0 spiro atoms. The van der Waals surface area contributed by atoms with Crippen molar-refractivity contribution in [1.82, 2.24) is 20.5 Å². The van der Waals surface area contributed by atoms with E-state index in [0.29, 0.717) is 5.92 Å². The predicted molar refractivity (Wildman–Crippen MR) is 100 cm³/mol. The Morgan fingerprint density at radius 2 is 2.17 bits per heavy atom. The van der Waals surface area contributed by atoms with Gasteiger partial charge in [-0.25, -0.2) is 0 Å². The van der Waals surface area contributed by atoms with Gasteiger partial charge in [0, 0.05) is 38.3 Å². The number of piperidine rings is 1. The molecule has 1 aromatic heterocycles. The molecular weight excluding hydrogens is 298 g/mol. The predicted octanol–water partition coefficient (Wildman–Crippen LogP) is 2.24. The zero-order valence-corrected chi connectivity index (χ0v) is 14.6. The average Bonchev–Trinajstić information content (AvgIpc) is 2.62. The molecule has 0 amide bonds. The van der Waals surface area contributed by atoms with Crippen molar-refractivity contribution in [3.8, 4) is 0 Å². The fraction of sp³-hybridized carbons (Fsp3) is 0.474. The number of pyridine rings is 1. The summed E-state index contributed by atoms with van der Waals surface area (Å²) in [5.41, 5.74) is 2.27. The third-order valence-electron chi connectivity index (χ3n) is 4.69. The first kappa shape index (κ1) is 16.7. The number of aromatic nitrogens is 1. The van der Waals surface area contributed by atoms with Crippen molar-refractivity contribution >= 4 is 16.9 Å². The molecule has 1 unspecified atom stereocenters. The number of hydrogen-bond acceptors (Lipinski definition) is 3. The maximum absolute atomic E-state index is 4.42. The molecule has 128 valence electrons. The molecule has 2 aromatic rings. The van der Waals surface area contributed by atoms with E-state index in [1.165, 1.54) is 36.9 Å². The van der Waals surface area contributed by atoms with E-state index in [0.717, 1.165) is 24.6 Å². The Bertz CT molecular complexity index is 692. The van der Waals surface area contributed by atoms with Crippen molar-refractivity contribution in [3.63, 3.8) is 0 Å². The SMILES string of the molecule is CN=C(NCc1ccnc2ccccc12)NCC1CCCN(C)C1. The summed E-state index contributed by atoms with van der Waals surface area (Å²) in [5, 5.41) is 8.09. The Hall–Kier alpha value is -2.14. The number of rotatable bonds is 4. The number of guanidine groups is 1. The highest BCUT2D eigenvalue weighted by atomic mass is 15.2. The molecule has 1 aromatic carbocycles. The summed E-state index contributed by atoms with van der Waals surface area (Å²) in [7, 11) is 4.03. The second-order valence-corrected chi connectivity index (χ2v) is 6.56. The number of fused-ring (bicyclic) bond motifs is 1. The lowest BCUT2D eigenvalue weighted by Crippen LogP contribution is -2.43. The van der Waals surface area contributed by atoms with Gasteiger partial charge in [-0.1, -0.05) is 18.2 Å². The van der Waals surface area contributed by atoms with Crippen molar-refractivity contribution in [1.29, 1.82) is 0 Å².